The Hall–Kier alpha value is -4.53. The summed E-state index contributed by atoms with van der Waals surface area (Å²) in [6, 6.07) is 21.5. The summed E-state index contributed by atoms with van der Waals surface area (Å²) >= 11 is 0. The standard InChI is InChI=1S/C28H29N5O4/c1-3-20-5-7-21(8-6-20)25-14-16-28(36)33(31-25)19-26(34)29-17-18-32-27(35)15-13-24(30-32)22-9-11-23(12-10-22)37-4-2/h5-16H,3-4,17-19H2,1-2H3,(H,29,34). The second-order valence-corrected chi connectivity index (χ2v) is 8.35. The van der Waals surface area contributed by atoms with E-state index in [2.05, 4.69) is 22.4 Å². The number of ether oxygens (including phenoxy) is 1. The maximum atomic E-state index is 12.5. The molecule has 0 radical (unpaired) electrons. The summed E-state index contributed by atoms with van der Waals surface area (Å²) in [7, 11) is 0. The molecule has 1 amide bonds. The van der Waals surface area contributed by atoms with Crippen LogP contribution in [0.3, 0.4) is 0 Å². The fourth-order valence-electron chi connectivity index (χ4n) is 3.77. The van der Waals surface area contributed by atoms with Crippen molar-refractivity contribution >= 4 is 5.91 Å². The fourth-order valence-corrected chi connectivity index (χ4v) is 3.77. The highest BCUT2D eigenvalue weighted by Gasteiger charge is 2.09. The van der Waals surface area contributed by atoms with Crippen LogP contribution in [0, 0.1) is 0 Å². The van der Waals surface area contributed by atoms with Gasteiger partial charge in [0, 0.05) is 29.8 Å². The number of hydrogen-bond donors (Lipinski definition) is 1. The summed E-state index contributed by atoms with van der Waals surface area (Å²) in [5.41, 5.74) is 3.51. The van der Waals surface area contributed by atoms with Crippen molar-refractivity contribution in [1.29, 1.82) is 0 Å². The first-order valence-electron chi connectivity index (χ1n) is 12.2. The van der Waals surface area contributed by atoms with Crippen LogP contribution in [0.1, 0.15) is 19.4 Å². The lowest BCUT2D eigenvalue weighted by Crippen LogP contribution is -2.36. The van der Waals surface area contributed by atoms with Crippen LogP contribution in [-0.2, 0) is 24.3 Å². The third kappa shape index (κ3) is 6.58. The van der Waals surface area contributed by atoms with E-state index in [-0.39, 0.29) is 36.7 Å². The molecule has 0 bridgehead atoms. The van der Waals surface area contributed by atoms with Crippen molar-refractivity contribution in [1.82, 2.24) is 24.9 Å². The molecule has 0 saturated carbocycles. The fraction of sp³-hybridized carbons (Fsp3) is 0.250. The number of benzene rings is 2. The number of aromatic nitrogens is 4. The highest BCUT2D eigenvalue weighted by molar-refractivity contribution is 5.75. The summed E-state index contributed by atoms with van der Waals surface area (Å²) in [5.74, 6) is 0.375. The molecule has 9 heteroatoms. The van der Waals surface area contributed by atoms with Gasteiger partial charge in [-0.25, -0.2) is 9.36 Å². The number of nitrogens with zero attached hydrogens (tertiary/aromatic N) is 4. The van der Waals surface area contributed by atoms with Gasteiger partial charge in [0.15, 0.2) is 0 Å². The van der Waals surface area contributed by atoms with Gasteiger partial charge in [0.1, 0.15) is 12.3 Å². The van der Waals surface area contributed by atoms with Crippen molar-refractivity contribution in [2.75, 3.05) is 13.2 Å². The van der Waals surface area contributed by atoms with Crippen LogP contribution in [0.25, 0.3) is 22.5 Å². The summed E-state index contributed by atoms with van der Waals surface area (Å²) in [4.78, 5) is 37.1. The summed E-state index contributed by atoms with van der Waals surface area (Å²) in [6.07, 6.45) is 0.931. The van der Waals surface area contributed by atoms with E-state index in [1.54, 1.807) is 12.1 Å². The monoisotopic (exact) mass is 499 g/mol. The molecule has 0 saturated heterocycles. The van der Waals surface area contributed by atoms with Crippen molar-refractivity contribution in [2.24, 2.45) is 0 Å². The molecule has 0 atom stereocenters. The first-order valence-corrected chi connectivity index (χ1v) is 12.2. The van der Waals surface area contributed by atoms with E-state index in [0.717, 1.165) is 28.0 Å². The largest absolute Gasteiger partial charge is 0.494 e. The van der Waals surface area contributed by atoms with E-state index >= 15 is 0 Å². The van der Waals surface area contributed by atoms with Gasteiger partial charge in [0.25, 0.3) is 11.1 Å². The Kier molecular flexibility index (Phi) is 8.25. The van der Waals surface area contributed by atoms with Gasteiger partial charge < -0.3 is 10.1 Å². The molecule has 0 fully saturated rings. The SMILES string of the molecule is CCOc1ccc(-c2ccc(=O)n(CCNC(=O)Cn3nc(-c4ccc(CC)cc4)ccc3=O)n2)cc1. The van der Waals surface area contributed by atoms with E-state index in [1.165, 1.54) is 22.4 Å². The molecule has 4 rings (SSSR count). The molecular formula is C28H29N5O4. The number of carbonyl (C=O) groups excluding carboxylic acids is 1. The smallest absolute Gasteiger partial charge is 0.267 e. The number of nitrogens with one attached hydrogen (secondary N) is 1. The lowest BCUT2D eigenvalue weighted by Gasteiger charge is -2.10. The molecule has 190 valence electrons. The van der Waals surface area contributed by atoms with Crippen molar-refractivity contribution in [3.8, 4) is 28.3 Å². The van der Waals surface area contributed by atoms with Gasteiger partial charge in [-0.05, 0) is 55.3 Å². The lowest BCUT2D eigenvalue weighted by molar-refractivity contribution is -0.121. The van der Waals surface area contributed by atoms with E-state index in [9.17, 15) is 14.4 Å². The molecule has 0 aliphatic rings. The predicted octanol–water partition coefficient (Wildman–Crippen LogP) is 2.91. The van der Waals surface area contributed by atoms with E-state index < -0.39 is 0 Å². The Labute approximate surface area is 214 Å². The third-order valence-electron chi connectivity index (χ3n) is 5.79. The second kappa shape index (κ2) is 11.9. The Morgan fingerprint density at radius 3 is 1.95 bits per heavy atom. The van der Waals surface area contributed by atoms with Gasteiger partial charge >= 0.3 is 0 Å². The van der Waals surface area contributed by atoms with Crippen LogP contribution in [-0.4, -0.2) is 38.6 Å². The molecule has 0 spiro atoms. The van der Waals surface area contributed by atoms with E-state index in [0.29, 0.717) is 18.0 Å². The molecule has 37 heavy (non-hydrogen) atoms. The number of amides is 1. The minimum atomic E-state index is -0.385. The molecule has 2 heterocycles. The quantitative estimate of drug-likeness (QED) is 0.360. The molecule has 9 nitrogen and oxygen atoms in total. The topological polar surface area (TPSA) is 108 Å². The zero-order chi connectivity index (χ0) is 26.2. The molecular weight excluding hydrogens is 470 g/mol. The van der Waals surface area contributed by atoms with Crippen LogP contribution < -0.4 is 21.2 Å². The van der Waals surface area contributed by atoms with Gasteiger partial charge in [-0.1, -0.05) is 31.2 Å². The number of carbonyl (C=O) groups is 1. The number of hydrogen-bond acceptors (Lipinski definition) is 6. The molecule has 1 N–H and O–H groups in total. The van der Waals surface area contributed by atoms with E-state index in [4.69, 9.17) is 4.74 Å². The maximum absolute atomic E-state index is 12.5. The number of rotatable bonds is 10. The minimum Gasteiger partial charge on any atom is -0.494 e. The van der Waals surface area contributed by atoms with Gasteiger partial charge in [0.05, 0.1) is 24.5 Å². The van der Waals surface area contributed by atoms with Gasteiger partial charge in [-0.15, -0.1) is 0 Å². The minimum absolute atomic E-state index is 0.172. The predicted molar refractivity (Wildman–Crippen MR) is 141 cm³/mol. The van der Waals surface area contributed by atoms with Crippen LogP contribution >= 0.6 is 0 Å². The molecule has 2 aromatic carbocycles. The lowest BCUT2D eigenvalue weighted by atomic mass is 10.1. The van der Waals surface area contributed by atoms with Crippen LogP contribution in [0.4, 0.5) is 0 Å². The average molecular weight is 500 g/mol. The normalized spacial score (nSPS) is 10.8. The molecule has 0 aliphatic heterocycles. The molecule has 4 aromatic rings. The molecule has 2 aromatic heterocycles. The highest BCUT2D eigenvalue weighted by Crippen LogP contribution is 2.20. The van der Waals surface area contributed by atoms with Crippen molar-refractivity contribution in [3.05, 3.63) is 99.1 Å². The van der Waals surface area contributed by atoms with E-state index in [1.807, 2.05) is 55.5 Å². The maximum Gasteiger partial charge on any atom is 0.267 e. The van der Waals surface area contributed by atoms with Crippen molar-refractivity contribution in [3.63, 3.8) is 0 Å². The van der Waals surface area contributed by atoms with Crippen LogP contribution in [0.2, 0.25) is 0 Å². The first-order chi connectivity index (χ1) is 18.0. The van der Waals surface area contributed by atoms with Crippen LogP contribution in [0.5, 0.6) is 5.75 Å². The summed E-state index contributed by atoms with van der Waals surface area (Å²) in [5, 5.41) is 11.5. The summed E-state index contributed by atoms with van der Waals surface area (Å²) < 4.78 is 7.90. The van der Waals surface area contributed by atoms with Gasteiger partial charge in [-0.3, -0.25) is 14.4 Å². The Morgan fingerprint density at radius 1 is 0.784 bits per heavy atom. The highest BCUT2D eigenvalue weighted by atomic mass is 16.5. The molecule has 0 unspecified atom stereocenters. The zero-order valence-electron chi connectivity index (χ0n) is 20.9. The average Bonchev–Trinajstić information content (AvgIpc) is 2.92. The summed E-state index contributed by atoms with van der Waals surface area (Å²) in [6.45, 7) is 4.71. The third-order valence-corrected chi connectivity index (χ3v) is 5.79. The first kappa shape index (κ1) is 25.6. The van der Waals surface area contributed by atoms with Crippen LogP contribution in [0.15, 0.2) is 82.4 Å². The second-order valence-electron chi connectivity index (χ2n) is 8.35. The Balaban J connectivity index is 1.38. The Bertz CT molecular complexity index is 1470. The number of aryl methyl sites for hydroxylation is 1. The van der Waals surface area contributed by atoms with Crippen molar-refractivity contribution in [2.45, 2.75) is 33.4 Å². The van der Waals surface area contributed by atoms with Crippen molar-refractivity contribution < 1.29 is 9.53 Å². The zero-order valence-corrected chi connectivity index (χ0v) is 20.9. The Morgan fingerprint density at radius 2 is 1.35 bits per heavy atom. The van der Waals surface area contributed by atoms with Gasteiger partial charge in [-0.2, -0.15) is 10.2 Å². The van der Waals surface area contributed by atoms with Gasteiger partial charge in [0.2, 0.25) is 5.91 Å². The molecule has 0 aliphatic carbocycles.